The largest absolute Gasteiger partial charge is 0.490 e. The van der Waals surface area contributed by atoms with Gasteiger partial charge < -0.3 is 10.0 Å². The van der Waals surface area contributed by atoms with E-state index in [9.17, 15) is 0 Å². The summed E-state index contributed by atoms with van der Waals surface area (Å²) in [6.45, 7) is 0. The molecule has 0 aliphatic heterocycles. The van der Waals surface area contributed by atoms with Gasteiger partial charge in [0.2, 0.25) is 0 Å². The summed E-state index contributed by atoms with van der Waals surface area (Å²) in [6, 6.07) is 0. The molecular weight excluding hydrogens is 125 g/mol. The van der Waals surface area contributed by atoms with Gasteiger partial charge in [-0.15, -0.1) is 0 Å². The average molecular weight is 129 g/mol. The molecule has 0 spiro atoms. The first kappa shape index (κ1) is 5.75. The topological polar surface area (TPSA) is 53.4 Å². The van der Waals surface area contributed by atoms with E-state index in [1.165, 1.54) is 17.7 Å². The van der Waals surface area contributed by atoms with Crippen molar-refractivity contribution in [2.75, 3.05) is 0 Å². The quantitative estimate of drug-likeness (QED) is 0.469. The fourth-order valence-corrected chi connectivity index (χ4v) is 0.888. The Morgan fingerprint density at radius 2 is 2.38 bits per heavy atom. The smallest absolute Gasteiger partial charge is 0.423 e. The van der Waals surface area contributed by atoms with E-state index in [4.69, 9.17) is 10.0 Å². The van der Waals surface area contributed by atoms with Crippen LogP contribution in [0.25, 0.3) is 0 Å². The Balaban J connectivity index is 2.77. The molecule has 0 fully saturated rings. The second-order valence-electron chi connectivity index (χ2n) is 1.33. The maximum atomic E-state index is 8.43. The van der Waals surface area contributed by atoms with Crippen molar-refractivity contribution in [3.05, 3.63) is 11.6 Å². The van der Waals surface area contributed by atoms with Crippen molar-refractivity contribution in [3.8, 4) is 0 Å². The fraction of sp³-hybridized carbons (Fsp3) is 0. The highest BCUT2D eigenvalue weighted by Gasteiger charge is 2.10. The van der Waals surface area contributed by atoms with E-state index in [2.05, 4.69) is 4.37 Å². The lowest BCUT2D eigenvalue weighted by Crippen LogP contribution is -2.27. The van der Waals surface area contributed by atoms with Gasteiger partial charge in [-0.2, -0.15) is 0 Å². The fourth-order valence-electron chi connectivity index (χ4n) is 0.341. The minimum Gasteiger partial charge on any atom is -0.423 e. The molecule has 0 aliphatic rings. The third-order valence-corrected chi connectivity index (χ3v) is 1.35. The van der Waals surface area contributed by atoms with Gasteiger partial charge in [0.25, 0.3) is 0 Å². The zero-order chi connectivity index (χ0) is 5.98. The Bertz CT molecular complexity index is 152. The summed E-state index contributed by atoms with van der Waals surface area (Å²) < 4.78 is 3.67. The number of nitrogens with zero attached hydrogens (tertiary/aromatic N) is 1. The molecule has 0 atom stereocenters. The molecule has 5 heteroatoms. The highest BCUT2D eigenvalue weighted by molar-refractivity contribution is 7.04. The van der Waals surface area contributed by atoms with E-state index < -0.39 is 7.12 Å². The molecular formula is C3H4BNO2S. The SMILES string of the molecule is OB(O)c1cnsc1. The lowest BCUT2D eigenvalue weighted by Gasteiger charge is -1.86. The van der Waals surface area contributed by atoms with Crippen molar-refractivity contribution < 1.29 is 10.0 Å². The molecule has 0 radical (unpaired) electrons. The van der Waals surface area contributed by atoms with Crippen LogP contribution in [0.3, 0.4) is 0 Å². The number of rotatable bonds is 1. The first-order valence-corrected chi connectivity index (χ1v) is 2.90. The van der Waals surface area contributed by atoms with Crippen LogP contribution in [0.1, 0.15) is 0 Å². The van der Waals surface area contributed by atoms with E-state index >= 15 is 0 Å². The lowest BCUT2D eigenvalue weighted by atomic mass is 9.84. The highest BCUT2D eigenvalue weighted by atomic mass is 32.1. The summed E-state index contributed by atoms with van der Waals surface area (Å²) in [6.07, 6.45) is 1.43. The van der Waals surface area contributed by atoms with Gasteiger partial charge in [0.15, 0.2) is 0 Å². The Hall–Kier alpha value is -0.385. The van der Waals surface area contributed by atoms with E-state index in [0.29, 0.717) is 5.46 Å². The van der Waals surface area contributed by atoms with Crippen LogP contribution in [0, 0.1) is 0 Å². The predicted octanol–water partition coefficient (Wildman–Crippen LogP) is -1.18. The van der Waals surface area contributed by atoms with Gasteiger partial charge in [0.05, 0.1) is 0 Å². The van der Waals surface area contributed by atoms with E-state index in [0.717, 1.165) is 0 Å². The molecule has 0 saturated carbocycles. The van der Waals surface area contributed by atoms with Crippen LogP contribution < -0.4 is 5.46 Å². The van der Waals surface area contributed by atoms with Crippen LogP contribution in [0.15, 0.2) is 11.6 Å². The third kappa shape index (κ3) is 1.06. The van der Waals surface area contributed by atoms with Crippen molar-refractivity contribution >= 4 is 24.1 Å². The minimum atomic E-state index is -1.37. The number of hydrogen-bond acceptors (Lipinski definition) is 4. The summed E-state index contributed by atoms with van der Waals surface area (Å²) in [4.78, 5) is 0. The molecule has 0 bridgehead atoms. The zero-order valence-corrected chi connectivity index (χ0v) is 4.80. The molecule has 0 aromatic carbocycles. The van der Waals surface area contributed by atoms with Crippen molar-refractivity contribution in [3.63, 3.8) is 0 Å². The predicted molar refractivity (Wildman–Crippen MR) is 31.9 cm³/mol. The molecule has 42 valence electrons. The van der Waals surface area contributed by atoms with Crippen molar-refractivity contribution in [1.82, 2.24) is 4.37 Å². The summed E-state index contributed by atoms with van der Waals surface area (Å²) in [5, 5.41) is 18.5. The van der Waals surface area contributed by atoms with Gasteiger partial charge in [0, 0.05) is 17.0 Å². The molecule has 8 heavy (non-hydrogen) atoms. The van der Waals surface area contributed by atoms with E-state index in [-0.39, 0.29) is 0 Å². The maximum absolute atomic E-state index is 8.43. The van der Waals surface area contributed by atoms with Gasteiger partial charge in [-0.05, 0) is 11.5 Å². The van der Waals surface area contributed by atoms with Gasteiger partial charge >= 0.3 is 7.12 Å². The first-order valence-electron chi connectivity index (χ1n) is 2.06. The lowest BCUT2D eigenvalue weighted by molar-refractivity contribution is 0.426. The van der Waals surface area contributed by atoms with Gasteiger partial charge in [-0.3, -0.25) is 0 Å². The standard InChI is InChI=1S/C3H4BNO2S/c6-4(7)3-1-5-8-2-3/h1-2,6-7H. The van der Waals surface area contributed by atoms with Crippen LogP contribution in [-0.2, 0) is 0 Å². The number of aromatic nitrogens is 1. The number of hydrogen-bond donors (Lipinski definition) is 2. The molecule has 3 nitrogen and oxygen atoms in total. The molecule has 1 aromatic rings. The van der Waals surface area contributed by atoms with E-state index in [1.807, 2.05) is 0 Å². The van der Waals surface area contributed by atoms with Gasteiger partial charge in [-0.1, -0.05) is 0 Å². The minimum absolute atomic E-state index is 0.454. The van der Waals surface area contributed by atoms with Gasteiger partial charge in [0.1, 0.15) is 0 Å². The summed E-state index contributed by atoms with van der Waals surface area (Å²) in [5.74, 6) is 0. The van der Waals surface area contributed by atoms with E-state index in [1.54, 1.807) is 5.38 Å². The van der Waals surface area contributed by atoms with Gasteiger partial charge in [-0.25, -0.2) is 4.37 Å². The van der Waals surface area contributed by atoms with Crippen LogP contribution in [0.4, 0.5) is 0 Å². The van der Waals surface area contributed by atoms with Crippen LogP contribution in [0.2, 0.25) is 0 Å². The molecule has 0 saturated heterocycles. The van der Waals surface area contributed by atoms with Crippen LogP contribution in [-0.4, -0.2) is 21.5 Å². The monoisotopic (exact) mass is 129 g/mol. The summed E-state index contributed by atoms with van der Waals surface area (Å²) in [7, 11) is -1.37. The molecule has 0 aliphatic carbocycles. The van der Waals surface area contributed by atoms with Crippen molar-refractivity contribution in [1.29, 1.82) is 0 Å². The second kappa shape index (κ2) is 2.26. The zero-order valence-electron chi connectivity index (χ0n) is 3.98. The normalized spacial score (nSPS) is 9.25. The molecule has 1 rings (SSSR count). The molecule has 2 N–H and O–H groups in total. The Morgan fingerprint density at radius 3 is 2.62 bits per heavy atom. The summed E-state index contributed by atoms with van der Waals surface area (Å²) >= 11 is 1.20. The maximum Gasteiger partial charge on any atom is 0.490 e. The average Bonchev–Trinajstić information content (AvgIpc) is 2.12. The Morgan fingerprint density at radius 1 is 1.62 bits per heavy atom. The van der Waals surface area contributed by atoms with Crippen molar-refractivity contribution in [2.24, 2.45) is 0 Å². The Kier molecular flexibility index (Phi) is 1.62. The highest BCUT2D eigenvalue weighted by Crippen LogP contribution is 1.85. The van der Waals surface area contributed by atoms with Crippen LogP contribution in [0.5, 0.6) is 0 Å². The second-order valence-corrected chi connectivity index (χ2v) is 1.99. The van der Waals surface area contributed by atoms with Crippen LogP contribution >= 0.6 is 11.5 Å². The molecule has 1 heterocycles. The third-order valence-electron chi connectivity index (χ3n) is 0.750. The first-order chi connectivity index (χ1) is 3.80. The van der Waals surface area contributed by atoms with Crippen molar-refractivity contribution in [2.45, 2.75) is 0 Å². The molecule has 1 aromatic heterocycles. The molecule has 0 amide bonds. The Labute approximate surface area is 50.9 Å². The molecule has 0 unspecified atom stereocenters. The summed E-state index contributed by atoms with van der Waals surface area (Å²) in [5.41, 5.74) is 0.454.